The van der Waals surface area contributed by atoms with Crippen molar-refractivity contribution in [3.8, 4) is 0 Å². The molecular formula is C14H19N3O3. The zero-order chi connectivity index (χ0) is 14.7. The van der Waals surface area contributed by atoms with Gasteiger partial charge in [-0.05, 0) is 24.8 Å². The summed E-state index contributed by atoms with van der Waals surface area (Å²) >= 11 is 0. The lowest BCUT2D eigenvalue weighted by molar-refractivity contribution is -0.384. The topological polar surface area (TPSA) is 84.3 Å². The van der Waals surface area contributed by atoms with Crippen molar-refractivity contribution in [2.24, 2.45) is 5.92 Å². The lowest BCUT2D eigenvalue weighted by Crippen LogP contribution is -2.20. The van der Waals surface area contributed by atoms with Crippen LogP contribution in [0.5, 0.6) is 0 Å². The number of benzene rings is 1. The molecule has 2 rings (SSSR count). The molecule has 2 unspecified atom stereocenters. The minimum atomic E-state index is -0.493. The number of nitrogens with zero attached hydrogens (tertiary/aromatic N) is 1. The summed E-state index contributed by atoms with van der Waals surface area (Å²) < 4.78 is 0. The van der Waals surface area contributed by atoms with Crippen LogP contribution < -0.4 is 10.6 Å². The fourth-order valence-corrected chi connectivity index (χ4v) is 2.41. The van der Waals surface area contributed by atoms with E-state index >= 15 is 0 Å². The van der Waals surface area contributed by atoms with Gasteiger partial charge in [-0.2, -0.15) is 0 Å². The molecule has 0 heterocycles. The Balaban J connectivity index is 2.19. The largest absolute Gasteiger partial charge is 0.381 e. The molecule has 6 heteroatoms. The van der Waals surface area contributed by atoms with Crippen molar-refractivity contribution in [2.75, 3.05) is 12.4 Å². The first-order valence-electron chi connectivity index (χ1n) is 6.83. The quantitative estimate of drug-likeness (QED) is 0.618. The van der Waals surface area contributed by atoms with Gasteiger partial charge in [-0.15, -0.1) is 0 Å². The molecular weight excluding hydrogens is 258 g/mol. The number of anilines is 1. The van der Waals surface area contributed by atoms with Crippen molar-refractivity contribution >= 4 is 17.3 Å². The van der Waals surface area contributed by atoms with Crippen LogP contribution in [0.4, 0.5) is 11.4 Å². The van der Waals surface area contributed by atoms with E-state index in [0.29, 0.717) is 23.2 Å². The van der Waals surface area contributed by atoms with E-state index in [1.165, 1.54) is 25.6 Å². The van der Waals surface area contributed by atoms with Gasteiger partial charge in [-0.3, -0.25) is 14.9 Å². The van der Waals surface area contributed by atoms with Gasteiger partial charge in [0.25, 0.3) is 11.6 Å². The average molecular weight is 277 g/mol. The van der Waals surface area contributed by atoms with E-state index in [2.05, 4.69) is 17.6 Å². The predicted molar refractivity (Wildman–Crippen MR) is 76.9 cm³/mol. The van der Waals surface area contributed by atoms with Crippen molar-refractivity contribution in [1.29, 1.82) is 0 Å². The summed E-state index contributed by atoms with van der Waals surface area (Å²) in [5.41, 5.74) is 0.914. The van der Waals surface area contributed by atoms with E-state index in [4.69, 9.17) is 0 Å². The summed E-state index contributed by atoms with van der Waals surface area (Å²) in [6, 6.07) is 4.73. The number of hydrogen-bond donors (Lipinski definition) is 2. The molecule has 2 atom stereocenters. The second kappa shape index (κ2) is 5.90. The fourth-order valence-electron chi connectivity index (χ4n) is 2.41. The Labute approximate surface area is 117 Å². The van der Waals surface area contributed by atoms with Gasteiger partial charge in [0.1, 0.15) is 0 Å². The van der Waals surface area contributed by atoms with E-state index in [0.717, 1.165) is 12.8 Å². The molecule has 0 aliphatic heterocycles. The van der Waals surface area contributed by atoms with Crippen LogP contribution in [-0.4, -0.2) is 23.9 Å². The monoisotopic (exact) mass is 277 g/mol. The highest BCUT2D eigenvalue weighted by atomic mass is 16.6. The predicted octanol–water partition coefficient (Wildman–Crippen LogP) is 2.55. The van der Waals surface area contributed by atoms with Gasteiger partial charge in [0.2, 0.25) is 0 Å². The van der Waals surface area contributed by atoms with Crippen LogP contribution in [0.3, 0.4) is 0 Å². The van der Waals surface area contributed by atoms with E-state index < -0.39 is 4.92 Å². The Bertz CT molecular complexity index is 530. The standard InChI is InChI=1S/C14H19N3O3/c1-3-4-9-7-13(9)16-12-6-5-10(17(19)20)8-11(12)14(18)15-2/h5-6,8-9,13,16H,3-4,7H2,1-2H3,(H,15,18). The maximum absolute atomic E-state index is 11.8. The molecule has 1 saturated carbocycles. The molecule has 108 valence electrons. The second-order valence-corrected chi connectivity index (χ2v) is 5.10. The summed E-state index contributed by atoms with van der Waals surface area (Å²) in [5.74, 6) is 0.330. The second-order valence-electron chi connectivity index (χ2n) is 5.10. The highest BCUT2D eigenvalue weighted by Crippen LogP contribution is 2.38. The molecule has 1 fully saturated rings. The minimum Gasteiger partial charge on any atom is -0.381 e. The van der Waals surface area contributed by atoms with Gasteiger partial charge in [0.05, 0.1) is 10.5 Å². The fraction of sp³-hybridized carbons (Fsp3) is 0.500. The van der Waals surface area contributed by atoms with Crippen LogP contribution >= 0.6 is 0 Å². The Morgan fingerprint density at radius 3 is 2.85 bits per heavy atom. The Morgan fingerprint density at radius 2 is 2.25 bits per heavy atom. The van der Waals surface area contributed by atoms with E-state index in [1.54, 1.807) is 6.07 Å². The number of rotatable bonds is 6. The Morgan fingerprint density at radius 1 is 1.50 bits per heavy atom. The molecule has 1 aliphatic carbocycles. The molecule has 0 bridgehead atoms. The molecule has 2 N–H and O–H groups in total. The smallest absolute Gasteiger partial charge is 0.270 e. The highest BCUT2D eigenvalue weighted by molar-refractivity contribution is 6.00. The number of carbonyl (C=O) groups is 1. The van der Waals surface area contributed by atoms with Crippen LogP contribution in [0.15, 0.2) is 18.2 Å². The number of non-ortho nitro benzene ring substituents is 1. The zero-order valence-corrected chi connectivity index (χ0v) is 11.7. The summed E-state index contributed by atoms with van der Waals surface area (Å²) in [6.45, 7) is 2.15. The molecule has 1 aliphatic rings. The van der Waals surface area contributed by atoms with Crippen LogP contribution in [0.1, 0.15) is 36.5 Å². The lowest BCUT2D eigenvalue weighted by Gasteiger charge is -2.11. The number of nitro benzene ring substituents is 1. The molecule has 0 saturated heterocycles. The van der Waals surface area contributed by atoms with E-state index in [9.17, 15) is 14.9 Å². The van der Waals surface area contributed by atoms with Gasteiger partial charge in [-0.25, -0.2) is 0 Å². The minimum absolute atomic E-state index is 0.0740. The average Bonchev–Trinajstić information content (AvgIpc) is 3.16. The van der Waals surface area contributed by atoms with Gasteiger partial charge < -0.3 is 10.6 Å². The van der Waals surface area contributed by atoms with E-state index in [1.807, 2.05) is 0 Å². The first-order valence-corrected chi connectivity index (χ1v) is 6.83. The first kappa shape index (κ1) is 14.3. The third-order valence-electron chi connectivity index (χ3n) is 3.61. The summed E-state index contributed by atoms with van der Waals surface area (Å²) in [4.78, 5) is 22.2. The molecule has 0 spiro atoms. The number of nitro groups is 1. The number of hydrogen-bond acceptors (Lipinski definition) is 4. The summed E-state index contributed by atoms with van der Waals surface area (Å²) in [5, 5.41) is 16.6. The molecule has 1 aromatic carbocycles. The maximum Gasteiger partial charge on any atom is 0.270 e. The van der Waals surface area contributed by atoms with Crippen molar-refractivity contribution < 1.29 is 9.72 Å². The van der Waals surface area contributed by atoms with Gasteiger partial charge >= 0.3 is 0 Å². The summed E-state index contributed by atoms with van der Waals surface area (Å²) in [7, 11) is 1.52. The first-order chi connectivity index (χ1) is 9.56. The molecule has 0 radical (unpaired) electrons. The van der Waals surface area contributed by atoms with Crippen molar-refractivity contribution in [3.63, 3.8) is 0 Å². The number of nitrogens with one attached hydrogen (secondary N) is 2. The van der Waals surface area contributed by atoms with Crippen LogP contribution in [0.2, 0.25) is 0 Å². The highest BCUT2D eigenvalue weighted by Gasteiger charge is 2.36. The third kappa shape index (κ3) is 3.07. The Kier molecular flexibility index (Phi) is 4.22. The van der Waals surface area contributed by atoms with Crippen molar-refractivity contribution in [3.05, 3.63) is 33.9 Å². The molecule has 6 nitrogen and oxygen atoms in total. The molecule has 0 aromatic heterocycles. The number of amides is 1. The third-order valence-corrected chi connectivity index (χ3v) is 3.61. The Hall–Kier alpha value is -2.11. The lowest BCUT2D eigenvalue weighted by atomic mass is 10.1. The maximum atomic E-state index is 11.8. The normalized spacial score (nSPS) is 20.3. The van der Waals surface area contributed by atoms with Crippen LogP contribution in [0.25, 0.3) is 0 Å². The molecule has 1 amide bonds. The van der Waals surface area contributed by atoms with Gasteiger partial charge in [0, 0.05) is 30.9 Å². The SMILES string of the molecule is CCCC1CC1Nc1ccc([N+](=O)[O-])cc1C(=O)NC. The van der Waals surface area contributed by atoms with Crippen LogP contribution in [-0.2, 0) is 0 Å². The van der Waals surface area contributed by atoms with Crippen molar-refractivity contribution in [1.82, 2.24) is 5.32 Å². The summed E-state index contributed by atoms with van der Waals surface area (Å²) in [6.07, 6.45) is 3.41. The van der Waals surface area contributed by atoms with Crippen molar-refractivity contribution in [2.45, 2.75) is 32.2 Å². The van der Waals surface area contributed by atoms with Gasteiger partial charge in [0.15, 0.2) is 0 Å². The number of carbonyl (C=O) groups excluding carboxylic acids is 1. The van der Waals surface area contributed by atoms with Gasteiger partial charge in [-0.1, -0.05) is 13.3 Å². The van der Waals surface area contributed by atoms with E-state index in [-0.39, 0.29) is 11.6 Å². The van der Waals surface area contributed by atoms with Crippen LogP contribution in [0, 0.1) is 16.0 Å². The molecule has 1 aromatic rings. The zero-order valence-electron chi connectivity index (χ0n) is 11.7. The molecule has 20 heavy (non-hydrogen) atoms.